The normalized spacial score (nSPS) is 29.1. The van der Waals surface area contributed by atoms with E-state index in [2.05, 4.69) is 26.6 Å². The smallest absolute Gasteiger partial charge is 0.398 e. The summed E-state index contributed by atoms with van der Waals surface area (Å²) in [5, 5.41) is 14.6. The van der Waals surface area contributed by atoms with Gasteiger partial charge in [-0.15, -0.1) is 0 Å². The summed E-state index contributed by atoms with van der Waals surface area (Å²) < 4.78 is 39.4. The highest BCUT2D eigenvalue weighted by molar-refractivity contribution is 6.05. The number of rotatable bonds is 8. The molecular formula is C41H44F3N9O4. The molecule has 57 heavy (non-hydrogen) atoms. The van der Waals surface area contributed by atoms with Crippen LogP contribution in [0.15, 0.2) is 59.2 Å². The molecule has 5 fully saturated rings. The van der Waals surface area contributed by atoms with Crippen LogP contribution in [0.3, 0.4) is 0 Å². The van der Waals surface area contributed by atoms with Gasteiger partial charge in [-0.3, -0.25) is 29.6 Å². The van der Waals surface area contributed by atoms with Crippen molar-refractivity contribution in [2.24, 2.45) is 22.2 Å². The number of piperidine rings is 2. The van der Waals surface area contributed by atoms with E-state index >= 15 is 0 Å². The summed E-state index contributed by atoms with van der Waals surface area (Å²) in [7, 11) is 1.85. The number of nitrogens with two attached hydrogens (primary N) is 1. The van der Waals surface area contributed by atoms with Gasteiger partial charge in [0, 0.05) is 48.9 Å². The first-order valence-electron chi connectivity index (χ1n) is 19.5. The predicted molar refractivity (Wildman–Crippen MR) is 203 cm³/mol. The minimum atomic E-state index is -4.71. The van der Waals surface area contributed by atoms with E-state index < -0.39 is 41.0 Å². The lowest BCUT2D eigenvalue weighted by molar-refractivity contribution is -0.141. The Hall–Kier alpha value is -5.56. The van der Waals surface area contributed by atoms with E-state index in [9.17, 15) is 37.6 Å². The standard InChI is InChI=1S/C41H44F3N9O4/c1-51-38(57)53(32-11-12-35(54)50-37(32)56)34-6-3-15-39(23-40(34,39)51)27-13-16-52(17-14-27)22-24-7-9-28(10-8-24)47-21-26-19-31(25(20-45)18-29(26)46)49-36(55)30-4-2-5-33(48-30)41(42,43)44/h2-6,15,18-19,21,24,27-28,32H,7-14,16-17,22-23,46H2,1H3,(H,49,55)(H,50,54,56). The monoisotopic (exact) mass is 783 g/mol. The number of aromatic nitrogens is 1. The minimum absolute atomic E-state index is 0.0556. The van der Waals surface area contributed by atoms with Crippen LogP contribution in [-0.4, -0.2) is 94.0 Å². The summed E-state index contributed by atoms with van der Waals surface area (Å²) in [6, 6.07) is 7.12. The van der Waals surface area contributed by atoms with Crippen molar-refractivity contribution < 1.29 is 32.3 Å². The van der Waals surface area contributed by atoms with Crippen molar-refractivity contribution in [3.05, 3.63) is 76.8 Å². The fraction of sp³-hybridized carbons (Fsp3) is 0.488. The molecule has 13 nitrogen and oxygen atoms in total. The van der Waals surface area contributed by atoms with Crippen LogP contribution in [-0.2, 0) is 15.8 Å². The number of likely N-dealkylation sites (N-methyl/N-ethyl adjacent to an activating group) is 1. The number of nitriles is 1. The molecule has 3 aliphatic carbocycles. The van der Waals surface area contributed by atoms with Crippen LogP contribution in [0.5, 0.6) is 0 Å². The third-order valence-corrected chi connectivity index (χ3v) is 13.0. The molecule has 1 spiro atoms. The fourth-order valence-electron chi connectivity index (χ4n) is 10.0. The molecule has 3 atom stereocenters. The zero-order valence-corrected chi connectivity index (χ0v) is 31.5. The maximum absolute atomic E-state index is 13.7. The van der Waals surface area contributed by atoms with Gasteiger partial charge in [-0.2, -0.15) is 18.4 Å². The third-order valence-electron chi connectivity index (χ3n) is 13.0. The van der Waals surface area contributed by atoms with Crippen molar-refractivity contribution in [1.82, 2.24) is 25.0 Å². The first kappa shape index (κ1) is 38.3. The van der Waals surface area contributed by atoms with Gasteiger partial charge in [0.2, 0.25) is 11.8 Å². The Kier molecular flexibility index (Phi) is 9.70. The molecule has 2 saturated carbocycles. The summed E-state index contributed by atoms with van der Waals surface area (Å²) >= 11 is 0. The Labute approximate surface area is 327 Å². The van der Waals surface area contributed by atoms with E-state index in [-0.39, 0.29) is 46.8 Å². The average Bonchev–Trinajstić information content (AvgIpc) is 3.86. The number of anilines is 2. The maximum Gasteiger partial charge on any atom is 0.433 e. The van der Waals surface area contributed by atoms with E-state index in [1.54, 1.807) is 11.1 Å². The third kappa shape index (κ3) is 6.75. The molecule has 0 radical (unpaired) electrons. The van der Waals surface area contributed by atoms with Crippen molar-refractivity contribution in [1.29, 1.82) is 5.26 Å². The molecule has 0 bridgehead atoms. The largest absolute Gasteiger partial charge is 0.433 e. The van der Waals surface area contributed by atoms with Crippen LogP contribution >= 0.6 is 0 Å². The van der Waals surface area contributed by atoms with Gasteiger partial charge in [0.25, 0.3) is 5.91 Å². The topological polar surface area (TPSA) is 177 Å². The van der Waals surface area contributed by atoms with Gasteiger partial charge in [0.15, 0.2) is 0 Å². The maximum atomic E-state index is 13.7. The number of urea groups is 1. The van der Waals surface area contributed by atoms with Crippen LogP contribution in [0, 0.1) is 28.6 Å². The molecule has 4 heterocycles. The van der Waals surface area contributed by atoms with Crippen molar-refractivity contribution in [3.63, 3.8) is 0 Å². The van der Waals surface area contributed by atoms with Gasteiger partial charge in [0.1, 0.15) is 23.5 Å². The van der Waals surface area contributed by atoms with Crippen LogP contribution in [0.4, 0.5) is 29.3 Å². The lowest BCUT2D eigenvalue weighted by atomic mass is 9.75. The van der Waals surface area contributed by atoms with Crippen molar-refractivity contribution in [2.45, 2.75) is 81.6 Å². The van der Waals surface area contributed by atoms with Gasteiger partial charge in [0.05, 0.1) is 22.5 Å². The zero-order valence-electron chi connectivity index (χ0n) is 31.5. The Balaban J connectivity index is 0.839. The number of hydrogen-bond donors (Lipinski definition) is 3. The number of hydrogen-bond acceptors (Lipinski definition) is 9. The molecule has 16 heteroatoms. The first-order chi connectivity index (χ1) is 27.2. The highest BCUT2D eigenvalue weighted by Crippen LogP contribution is 2.73. The SMILES string of the molecule is CN1C(=O)N(C2CCC(=O)NC2=O)C2=CC=CC3(C4CCN(CC5CCC(N=Cc6cc(NC(=O)c7cccc(C(F)(F)F)n7)c(C#N)cc6N)CC5)CC4)CC213. The number of allylic oxidation sites excluding steroid dienone is 2. The Morgan fingerprint density at radius 2 is 1.88 bits per heavy atom. The lowest BCUT2D eigenvalue weighted by Gasteiger charge is -2.41. The number of nitrogen functional groups attached to an aromatic ring is 1. The number of carbonyl (C=O) groups is 4. The zero-order chi connectivity index (χ0) is 40.3. The predicted octanol–water partition coefficient (Wildman–Crippen LogP) is 5.25. The van der Waals surface area contributed by atoms with Gasteiger partial charge in [-0.05, 0) is 107 Å². The number of imide groups is 1. The molecule has 298 valence electrons. The Bertz CT molecular complexity index is 2150. The number of amides is 5. The summed E-state index contributed by atoms with van der Waals surface area (Å²) in [5.41, 5.74) is 5.77. The second-order valence-corrected chi connectivity index (χ2v) is 16.2. The minimum Gasteiger partial charge on any atom is -0.398 e. The summed E-state index contributed by atoms with van der Waals surface area (Å²) in [5.74, 6) is -0.665. The number of benzene rings is 1. The van der Waals surface area contributed by atoms with Crippen molar-refractivity contribution >= 4 is 41.3 Å². The number of alkyl halides is 3. The van der Waals surface area contributed by atoms with Gasteiger partial charge >= 0.3 is 12.2 Å². The summed E-state index contributed by atoms with van der Waals surface area (Å²) in [6.07, 6.45) is 10.5. The number of halogens is 3. The Morgan fingerprint density at radius 1 is 1.12 bits per heavy atom. The summed E-state index contributed by atoms with van der Waals surface area (Å²) in [6.45, 7) is 2.96. The van der Waals surface area contributed by atoms with Crippen LogP contribution in [0.1, 0.15) is 85.1 Å². The number of nitrogens with zero attached hydrogens (tertiary/aromatic N) is 6. The van der Waals surface area contributed by atoms with E-state index in [1.807, 2.05) is 30.2 Å². The molecule has 1 aromatic heterocycles. The van der Waals surface area contributed by atoms with Crippen LogP contribution in [0.2, 0.25) is 0 Å². The highest BCUT2D eigenvalue weighted by Gasteiger charge is 2.78. The van der Waals surface area contributed by atoms with E-state index in [0.717, 1.165) is 88.5 Å². The lowest BCUT2D eigenvalue weighted by Crippen LogP contribution is -2.53. The van der Waals surface area contributed by atoms with Gasteiger partial charge < -0.3 is 20.9 Å². The highest BCUT2D eigenvalue weighted by atomic mass is 19.4. The average molecular weight is 784 g/mol. The summed E-state index contributed by atoms with van der Waals surface area (Å²) in [4.78, 5) is 65.4. The van der Waals surface area contributed by atoms with Crippen LogP contribution in [0.25, 0.3) is 0 Å². The molecule has 8 rings (SSSR count). The second kappa shape index (κ2) is 14.4. The second-order valence-electron chi connectivity index (χ2n) is 16.2. The molecule has 2 aromatic rings. The molecule has 3 aliphatic heterocycles. The van der Waals surface area contributed by atoms with Crippen LogP contribution < -0.4 is 16.4 Å². The van der Waals surface area contributed by atoms with Gasteiger partial charge in [-0.25, -0.2) is 9.78 Å². The van der Waals surface area contributed by atoms with Crippen molar-refractivity contribution in [3.8, 4) is 6.07 Å². The number of pyridine rings is 1. The van der Waals surface area contributed by atoms with Gasteiger partial charge in [-0.1, -0.05) is 18.2 Å². The van der Waals surface area contributed by atoms with E-state index in [1.165, 1.54) is 12.1 Å². The molecule has 5 amide bonds. The number of carbonyl (C=O) groups excluding carboxylic acids is 4. The first-order valence-corrected chi connectivity index (χ1v) is 19.5. The van der Waals surface area contributed by atoms with Crippen molar-refractivity contribution in [2.75, 3.05) is 37.7 Å². The quantitative estimate of drug-likeness (QED) is 0.185. The molecular weight excluding hydrogens is 740 g/mol. The fourth-order valence-corrected chi connectivity index (χ4v) is 10.0. The van der Waals surface area contributed by atoms with E-state index in [0.29, 0.717) is 23.8 Å². The number of nitrogens with one attached hydrogen (secondary N) is 2. The number of likely N-dealkylation sites (tertiary alicyclic amines) is 1. The molecule has 1 aromatic carbocycles. The molecule has 3 unspecified atom stereocenters. The number of aliphatic imine (C=N–C) groups is 1. The molecule has 3 saturated heterocycles. The molecule has 4 N–H and O–H groups in total. The molecule has 6 aliphatic rings. The Morgan fingerprint density at radius 3 is 2.58 bits per heavy atom. The van der Waals surface area contributed by atoms with E-state index in [4.69, 9.17) is 10.7 Å².